The molecule has 104 valence electrons. The molecule has 2 aromatic rings. The van der Waals surface area contributed by atoms with E-state index in [0.717, 1.165) is 4.57 Å². The highest BCUT2D eigenvalue weighted by atomic mass is 16.5. The van der Waals surface area contributed by atoms with Gasteiger partial charge in [-0.15, -0.1) is 0 Å². The lowest BCUT2D eigenvalue weighted by molar-refractivity contribution is -0.118. The smallest absolute Gasteiger partial charge is 0.320 e. The third kappa shape index (κ3) is 2.61. The molecule has 0 aliphatic carbocycles. The third-order valence-corrected chi connectivity index (χ3v) is 2.72. The fraction of sp³-hybridized carbons (Fsp3) is 0.154. The van der Waals surface area contributed by atoms with Crippen LogP contribution >= 0.6 is 0 Å². The van der Waals surface area contributed by atoms with Gasteiger partial charge in [0.15, 0.2) is 0 Å². The van der Waals surface area contributed by atoms with Crippen molar-refractivity contribution in [1.29, 1.82) is 0 Å². The van der Waals surface area contributed by atoms with E-state index in [-0.39, 0.29) is 6.54 Å². The first kappa shape index (κ1) is 13.6. The van der Waals surface area contributed by atoms with Gasteiger partial charge in [-0.3, -0.25) is 23.5 Å². The van der Waals surface area contributed by atoms with Gasteiger partial charge in [0.1, 0.15) is 12.3 Å². The predicted molar refractivity (Wildman–Crippen MR) is 72.0 cm³/mol. The molecule has 0 saturated carbocycles. The number of methoxy groups -OCH3 is 1. The maximum Gasteiger partial charge on any atom is 0.320 e. The topological polar surface area (TPSA) is 96.3 Å². The number of carbonyl (C=O) groups excluding carboxylic acids is 1. The molecule has 0 radical (unpaired) electrons. The van der Waals surface area contributed by atoms with E-state index in [2.05, 4.69) is 0 Å². The predicted octanol–water partition coefficient (Wildman–Crippen LogP) is -0.507. The number of rotatable bonds is 4. The molecular formula is C13H13N3O4. The molecule has 1 amide bonds. The third-order valence-electron chi connectivity index (χ3n) is 2.72. The molecule has 0 saturated heterocycles. The van der Waals surface area contributed by atoms with E-state index in [0.29, 0.717) is 11.4 Å². The highest BCUT2D eigenvalue weighted by molar-refractivity contribution is 5.73. The molecule has 0 fully saturated rings. The van der Waals surface area contributed by atoms with E-state index in [1.807, 2.05) is 0 Å². The Hall–Kier alpha value is -2.83. The van der Waals surface area contributed by atoms with E-state index >= 15 is 0 Å². The maximum absolute atomic E-state index is 12.0. The van der Waals surface area contributed by atoms with Gasteiger partial charge in [0.2, 0.25) is 5.91 Å². The molecular weight excluding hydrogens is 262 g/mol. The van der Waals surface area contributed by atoms with Gasteiger partial charge in [-0.05, 0) is 12.1 Å². The average molecular weight is 275 g/mol. The van der Waals surface area contributed by atoms with E-state index in [1.54, 1.807) is 24.3 Å². The quantitative estimate of drug-likeness (QED) is 0.760. The van der Waals surface area contributed by atoms with Gasteiger partial charge < -0.3 is 10.5 Å². The Morgan fingerprint density at radius 1 is 1.25 bits per heavy atom. The fourth-order valence-corrected chi connectivity index (χ4v) is 1.76. The van der Waals surface area contributed by atoms with Crippen molar-refractivity contribution < 1.29 is 9.53 Å². The number of primary amides is 1. The van der Waals surface area contributed by atoms with Crippen molar-refractivity contribution in [2.24, 2.45) is 5.73 Å². The SMILES string of the molecule is COc1cccc(-n2ccn(CC(N)=O)c(=O)c2=O)c1. The van der Waals surface area contributed by atoms with Gasteiger partial charge >= 0.3 is 11.1 Å². The largest absolute Gasteiger partial charge is 0.497 e. The van der Waals surface area contributed by atoms with Crippen LogP contribution in [0.1, 0.15) is 0 Å². The molecule has 7 nitrogen and oxygen atoms in total. The minimum absolute atomic E-state index is 0.326. The molecule has 0 aliphatic rings. The van der Waals surface area contributed by atoms with E-state index in [4.69, 9.17) is 10.5 Å². The Morgan fingerprint density at radius 3 is 2.65 bits per heavy atom. The van der Waals surface area contributed by atoms with Gasteiger partial charge in [-0.2, -0.15) is 0 Å². The number of ether oxygens (including phenoxy) is 1. The van der Waals surface area contributed by atoms with E-state index in [1.165, 1.54) is 24.1 Å². The molecule has 0 unspecified atom stereocenters. The molecule has 0 spiro atoms. The molecule has 1 aromatic carbocycles. The van der Waals surface area contributed by atoms with Gasteiger partial charge in [0.25, 0.3) is 0 Å². The van der Waals surface area contributed by atoms with Crippen LogP contribution in [0.2, 0.25) is 0 Å². The summed E-state index contributed by atoms with van der Waals surface area (Å²) >= 11 is 0. The molecule has 2 N–H and O–H groups in total. The van der Waals surface area contributed by atoms with Crippen LogP contribution in [0.15, 0.2) is 46.2 Å². The standard InChI is InChI=1S/C13H13N3O4/c1-20-10-4-2-3-9(7-10)16-6-5-15(8-11(14)17)12(18)13(16)19/h2-7H,8H2,1H3,(H2,14,17). The van der Waals surface area contributed by atoms with Crippen molar-refractivity contribution >= 4 is 5.91 Å². The number of benzene rings is 1. The van der Waals surface area contributed by atoms with Crippen LogP contribution in [0, 0.1) is 0 Å². The lowest BCUT2D eigenvalue weighted by Gasteiger charge is -2.08. The minimum atomic E-state index is -0.811. The Bertz CT molecular complexity index is 761. The Balaban J connectivity index is 2.54. The maximum atomic E-state index is 12.0. The van der Waals surface area contributed by atoms with Crippen LogP contribution in [0.25, 0.3) is 5.69 Å². The zero-order valence-corrected chi connectivity index (χ0v) is 10.8. The zero-order chi connectivity index (χ0) is 14.7. The highest BCUT2D eigenvalue weighted by Crippen LogP contribution is 2.14. The van der Waals surface area contributed by atoms with Crippen molar-refractivity contribution in [3.05, 3.63) is 57.4 Å². The molecule has 1 aromatic heterocycles. The second kappa shape index (κ2) is 5.43. The summed E-state index contributed by atoms with van der Waals surface area (Å²) in [7, 11) is 1.51. The number of hydrogen-bond donors (Lipinski definition) is 1. The Morgan fingerprint density at radius 2 is 2.00 bits per heavy atom. The van der Waals surface area contributed by atoms with Crippen molar-refractivity contribution in [3.63, 3.8) is 0 Å². The number of nitrogens with two attached hydrogens (primary N) is 1. The molecule has 0 bridgehead atoms. The lowest BCUT2D eigenvalue weighted by atomic mass is 10.3. The van der Waals surface area contributed by atoms with Crippen LogP contribution in [0.4, 0.5) is 0 Å². The number of amides is 1. The summed E-state index contributed by atoms with van der Waals surface area (Å²) in [6.07, 6.45) is 2.75. The average Bonchev–Trinajstić information content (AvgIpc) is 2.44. The van der Waals surface area contributed by atoms with E-state index in [9.17, 15) is 14.4 Å². The van der Waals surface area contributed by atoms with Gasteiger partial charge in [0.05, 0.1) is 12.8 Å². The zero-order valence-electron chi connectivity index (χ0n) is 10.8. The first-order valence-electron chi connectivity index (χ1n) is 5.78. The fourth-order valence-electron chi connectivity index (χ4n) is 1.76. The summed E-state index contributed by atoms with van der Waals surface area (Å²) < 4.78 is 7.22. The van der Waals surface area contributed by atoms with Crippen molar-refractivity contribution in [1.82, 2.24) is 9.13 Å². The molecule has 2 rings (SSSR count). The number of nitrogens with zero attached hydrogens (tertiary/aromatic N) is 2. The monoisotopic (exact) mass is 275 g/mol. The second-order valence-corrected chi connectivity index (χ2v) is 4.07. The summed E-state index contributed by atoms with van der Waals surface area (Å²) in [6.45, 7) is -0.326. The highest BCUT2D eigenvalue weighted by Gasteiger charge is 2.08. The minimum Gasteiger partial charge on any atom is -0.497 e. The first-order valence-corrected chi connectivity index (χ1v) is 5.78. The molecule has 1 heterocycles. The van der Waals surface area contributed by atoms with Gasteiger partial charge in [0, 0.05) is 18.5 Å². The van der Waals surface area contributed by atoms with E-state index < -0.39 is 17.0 Å². The van der Waals surface area contributed by atoms with Crippen molar-refractivity contribution in [2.45, 2.75) is 6.54 Å². The molecule has 0 aliphatic heterocycles. The molecule has 7 heteroatoms. The van der Waals surface area contributed by atoms with Crippen LogP contribution in [0.5, 0.6) is 5.75 Å². The lowest BCUT2D eigenvalue weighted by Crippen LogP contribution is -2.41. The number of hydrogen-bond acceptors (Lipinski definition) is 4. The molecule has 20 heavy (non-hydrogen) atoms. The van der Waals surface area contributed by atoms with Gasteiger partial charge in [-0.1, -0.05) is 6.07 Å². The van der Waals surface area contributed by atoms with Crippen LogP contribution in [-0.4, -0.2) is 22.2 Å². The van der Waals surface area contributed by atoms with Crippen LogP contribution in [-0.2, 0) is 11.3 Å². The summed E-state index contributed by atoms with van der Waals surface area (Å²) in [5.41, 5.74) is 3.93. The van der Waals surface area contributed by atoms with Gasteiger partial charge in [-0.25, -0.2) is 0 Å². The Kier molecular flexibility index (Phi) is 3.69. The molecule has 0 atom stereocenters. The summed E-state index contributed by atoms with van der Waals surface area (Å²) in [6, 6.07) is 6.72. The summed E-state index contributed by atoms with van der Waals surface area (Å²) in [5.74, 6) is -0.124. The summed E-state index contributed by atoms with van der Waals surface area (Å²) in [5, 5.41) is 0. The first-order chi connectivity index (χ1) is 9.52. The van der Waals surface area contributed by atoms with Crippen LogP contribution in [0.3, 0.4) is 0 Å². The summed E-state index contributed by atoms with van der Waals surface area (Å²) in [4.78, 5) is 34.7. The number of carbonyl (C=O) groups is 1. The normalized spacial score (nSPS) is 10.2. The van der Waals surface area contributed by atoms with Crippen molar-refractivity contribution in [3.8, 4) is 11.4 Å². The second-order valence-electron chi connectivity index (χ2n) is 4.07. The van der Waals surface area contributed by atoms with Crippen LogP contribution < -0.4 is 21.6 Å². The van der Waals surface area contributed by atoms with Crippen molar-refractivity contribution in [2.75, 3.05) is 7.11 Å². The number of aromatic nitrogens is 2. The Labute approximate surface area is 113 Å².